The summed E-state index contributed by atoms with van der Waals surface area (Å²) in [4.78, 5) is 4.25. The van der Waals surface area contributed by atoms with Gasteiger partial charge in [-0.15, -0.1) is 0 Å². The number of rotatable bonds is 2. The van der Waals surface area contributed by atoms with E-state index in [2.05, 4.69) is 11.9 Å². The molecule has 4 rings (SSSR count). The lowest BCUT2D eigenvalue weighted by molar-refractivity contribution is -0.0721. The number of benzene rings is 1. The van der Waals surface area contributed by atoms with E-state index >= 15 is 0 Å². The number of fused-ring (bicyclic) bond motifs is 1. The van der Waals surface area contributed by atoms with Gasteiger partial charge < -0.3 is 14.2 Å². The van der Waals surface area contributed by atoms with Crippen molar-refractivity contribution in [3.63, 3.8) is 0 Å². The molecule has 0 unspecified atom stereocenters. The SMILES string of the molecule is COc1ccc(-c2cnccc2C)c2c1OC1(CCCC1)O2. The average molecular weight is 297 g/mol. The first kappa shape index (κ1) is 13.4. The van der Waals surface area contributed by atoms with Crippen LogP contribution in [-0.2, 0) is 0 Å². The monoisotopic (exact) mass is 297 g/mol. The van der Waals surface area contributed by atoms with Crippen molar-refractivity contribution in [2.24, 2.45) is 0 Å². The van der Waals surface area contributed by atoms with Crippen LogP contribution in [0.2, 0.25) is 0 Å². The molecule has 114 valence electrons. The number of hydrogen-bond donors (Lipinski definition) is 0. The highest BCUT2D eigenvalue weighted by molar-refractivity contribution is 5.78. The quantitative estimate of drug-likeness (QED) is 0.836. The minimum atomic E-state index is -0.498. The maximum Gasteiger partial charge on any atom is 0.251 e. The molecule has 1 fully saturated rings. The highest BCUT2D eigenvalue weighted by Gasteiger charge is 2.46. The lowest BCUT2D eigenvalue weighted by Gasteiger charge is -2.21. The van der Waals surface area contributed by atoms with Gasteiger partial charge in [-0.05, 0) is 43.5 Å². The van der Waals surface area contributed by atoms with E-state index in [1.807, 2.05) is 24.4 Å². The van der Waals surface area contributed by atoms with E-state index in [1.165, 1.54) is 5.56 Å². The molecule has 0 radical (unpaired) electrons. The molecule has 1 saturated carbocycles. The molecule has 4 heteroatoms. The maximum atomic E-state index is 6.31. The first-order valence-corrected chi connectivity index (χ1v) is 7.72. The van der Waals surface area contributed by atoms with Crippen LogP contribution in [0.25, 0.3) is 11.1 Å². The molecule has 2 aromatic rings. The Hall–Kier alpha value is -2.23. The average Bonchev–Trinajstić information content (AvgIpc) is 3.14. The molecule has 1 spiro atoms. The van der Waals surface area contributed by atoms with E-state index in [1.54, 1.807) is 13.3 Å². The van der Waals surface area contributed by atoms with Crippen LogP contribution in [0.4, 0.5) is 0 Å². The zero-order chi connectivity index (χ0) is 15.2. The first-order valence-electron chi connectivity index (χ1n) is 7.72. The van der Waals surface area contributed by atoms with Gasteiger partial charge >= 0.3 is 0 Å². The van der Waals surface area contributed by atoms with E-state index < -0.39 is 5.79 Å². The van der Waals surface area contributed by atoms with Crippen LogP contribution >= 0.6 is 0 Å². The highest BCUT2D eigenvalue weighted by Crippen LogP contribution is 2.54. The van der Waals surface area contributed by atoms with Crippen molar-refractivity contribution in [2.45, 2.75) is 38.4 Å². The van der Waals surface area contributed by atoms with Gasteiger partial charge in [0.1, 0.15) is 0 Å². The summed E-state index contributed by atoms with van der Waals surface area (Å²) in [5.41, 5.74) is 3.25. The number of nitrogens with zero attached hydrogens (tertiary/aromatic N) is 1. The largest absolute Gasteiger partial charge is 0.493 e. The van der Waals surface area contributed by atoms with E-state index in [9.17, 15) is 0 Å². The molecule has 22 heavy (non-hydrogen) atoms. The molecule has 0 saturated heterocycles. The summed E-state index contributed by atoms with van der Waals surface area (Å²) in [6, 6.07) is 5.98. The minimum absolute atomic E-state index is 0.498. The minimum Gasteiger partial charge on any atom is -0.493 e. The Morgan fingerprint density at radius 3 is 2.55 bits per heavy atom. The number of ether oxygens (including phenoxy) is 3. The summed E-state index contributed by atoms with van der Waals surface area (Å²) < 4.78 is 18.0. The molecule has 4 nitrogen and oxygen atoms in total. The zero-order valence-electron chi connectivity index (χ0n) is 12.9. The van der Waals surface area contributed by atoms with Crippen molar-refractivity contribution in [3.05, 3.63) is 36.2 Å². The summed E-state index contributed by atoms with van der Waals surface area (Å²) in [7, 11) is 1.66. The van der Waals surface area contributed by atoms with Crippen LogP contribution in [0.5, 0.6) is 17.2 Å². The van der Waals surface area contributed by atoms with Gasteiger partial charge in [0.05, 0.1) is 7.11 Å². The third kappa shape index (κ3) is 1.94. The first-order chi connectivity index (χ1) is 10.7. The highest BCUT2D eigenvalue weighted by atomic mass is 16.7. The van der Waals surface area contributed by atoms with Crippen molar-refractivity contribution >= 4 is 0 Å². The van der Waals surface area contributed by atoms with E-state index in [4.69, 9.17) is 14.2 Å². The van der Waals surface area contributed by atoms with Gasteiger partial charge in [-0.25, -0.2) is 0 Å². The summed E-state index contributed by atoms with van der Waals surface area (Å²) >= 11 is 0. The lowest BCUT2D eigenvalue weighted by Crippen LogP contribution is -2.34. The molecule has 2 aliphatic rings. The molecule has 0 N–H and O–H groups in total. The van der Waals surface area contributed by atoms with Gasteiger partial charge in [0.2, 0.25) is 5.75 Å². The second-order valence-corrected chi connectivity index (χ2v) is 5.99. The van der Waals surface area contributed by atoms with E-state index in [-0.39, 0.29) is 0 Å². The van der Waals surface area contributed by atoms with Gasteiger partial charge in [-0.1, -0.05) is 0 Å². The molecule has 1 aliphatic carbocycles. The molecule has 1 aromatic carbocycles. The molecule has 0 amide bonds. The Kier molecular flexibility index (Phi) is 2.99. The number of aromatic nitrogens is 1. The van der Waals surface area contributed by atoms with Gasteiger partial charge in [0.25, 0.3) is 5.79 Å². The predicted molar refractivity (Wildman–Crippen MR) is 83.4 cm³/mol. The fourth-order valence-electron chi connectivity index (χ4n) is 3.37. The van der Waals surface area contributed by atoms with Crippen LogP contribution in [0.3, 0.4) is 0 Å². The Labute approximate surface area is 130 Å². The summed E-state index contributed by atoms with van der Waals surface area (Å²) in [6.45, 7) is 2.08. The molecule has 1 aromatic heterocycles. The van der Waals surface area contributed by atoms with Crippen LogP contribution in [0.1, 0.15) is 31.2 Å². The Morgan fingerprint density at radius 1 is 1.05 bits per heavy atom. The van der Waals surface area contributed by atoms with Gasteiger partial charge in [-0.3, -0.25) is 4.98 Å². The smallest absolute Gasteiger partial charge is 0.251 e. The van der Waals surface area contributed by atoms with Crippen LogP contribution in [-0.4, -0.2) is 17.9 Å². The maximum absolute atomic E-state index is 6.31. The molecular weight excluding hydrogens is 278 g/mol. The summed E-state index contributed by atoms with van der Waals surface area (Å²) in [5, 5.41) is 0. The van der Waals surface area contributed by atoms with Crippen LogP contribution in [0.15, 0.2) is 30.6 Å². The molecular formula is C18H19NO3. The topological polar surface area (TPSA) is 40.6 Å². The normalized spacial score (nSPS) is 17.9. The van der Waals surface area contributed by atoms with Gasteiger partial charge in [0.15, 0.2) is 11.5 Å². The number of methoxy groups -OCH3 is 1. The molecule has 0 bridgehead atoms. The standard InChI is InChI=1S/C18H19NO3/c1-12-7-10-19-11-14(12)13-5-6-15(20-2)17-16(13)21-18(22-17)8-3-4-9-18/h5-7,10-11H,3-4,8-9H2,1-2H3. The fraction of sp³-hybridized carbons (Fsp3) is 0.389. The number of aryl methyl sites for hydroxylation is 1. The van der Waals surface area contributed by atoms with Crippen molar-refractivity contribution < 1.29 is 14.2 Å². The van der Waals surface area contributed by atoms with Crippen LogP contribution < -0.4 is 14.2 Å². The van der Waals surface area contributed by atoms with Crippen molar-refractivity contribution in [1.82, 2.24) is 4.98 Å². The van der Waals surface area contributed by atoms with E-state index in [0.29, 0.717) is 0 Å². The van der Waals surface area contributed by atoms with Crippen LogP contribution in [0, 0.1) is 6.92 Å². The Morgan fingerprint density at radius 2 is 1.82 bits per heavy atom. The predicted octanol–water partition coefficient (Wildman–Crippen LogP) is 4.11. The van der Waals surface area contributed by atoms with Gasteiger partial charge in [-0.2, -0.15) is 0 Å². The number of hydrogen-bond acceptors (Lipinski definition) is 4. The second kappa shape index (κ2) is 4.90. The third-order valence-corrected chi connectivity index (χ3v) is 4.57. The molecule has 0 atom stereocenters. The van der Waals surface area contributed by atoms with E-state index in [0.717, 1.165) is 54.1 Å². The lowest BCUT2D eigenvalue weighted by atomic mass is 10.0. The van der Waals surface area contributed by atoms with Crippen molar-refractivity contribution in [1.29, 1.82) is 0 Å². The summed E-state index contributed by atoms with van der Waals surface area (Å²) in [6.07, 6.45) is 7.81. The Balaban J connectivity index is 1.87. The van der Waals surface area contributed by atoms with Crippen molar-refractivity contribution in [3.8, 4) is 28.4 Å². The second-order valence-electron chi connectivity index (χ2n) is 5.99. The van der Waals surface area contributed by atoms with Gasteiger partial charge in [0, 0.05) is 36.4 Å². The third-order valence-electron chi connectivity index (χ3n) is 4.57. The zero-order valence-corrected chi connectivity index (χ0v) is 12.9. The van der Waals surface area contributed by atoms with Crippen molar-refractivity contribution in [2.75, 3.05) is 7.11 Å². The fourth-order valence-corrected chi connectivity index (χ4v) is 3.37. The Bertz CT molecular complexity index is 720. The summed E-state index contributed by atoms with van der Waals surface area (Å²) in [5.74, 6) is 1.74. The molecule has 2 heterocycles. The number of pyridine rings is 1. The molecule has 1 aliphatic heterocycles.